The van der Waals surface area contributed by atoms with Crippen LogP contribution < -0.4 is 0 Å². The Hall–Kier alpha value is -2.72. The van der Waals surface area contributed by atoms with E-state index in [2.05, 4.69) is 103 Å². The molecule has 0 aliphatic carbocycles. The van der Waals surface area contributed by atoms with Crippen molar-refractivity contribution in [1.82, 2.24) is 0 Å². The summed E-state index contributed by atoms with van der Waals surface area (Å²) in [6.07, 6.45) is 60.4. The SMILES string of the molecule is CC/C=C\C/C=C\C/C=C\C/C=C\CCCCCCCCCCCCCCCOCC(COC1OC(CO)C(O)C(OS(=O)(=O)O)C1O)OC(=O)CCCCCCCC/C=C\C/C=C\C/C=C\CCCCCCC. The number of esters is 1. The Morgan fingerprint density at radius 1 is 0.527 bits per heavy atom. The van der Waals surface area contributed by atoms with Crippen molar-refractivity contribution in [2.45, 2.75) is 269 Å². The molecule has 4 N–H and O–H groups in total. The van der Waals surface area contributed by atoms with Crippen LogP contribution >= 0.6 is 0 Å². The van der Waals surface area contributed by atoms with Crippen LogP contribution in [0.5, 0.6) is 0 Å². The third-order valence-electron chi connectivity index (χ3n) is 13.0. The van der Waals surface area contributed by atoms with Crippen molar-refractivity contribution >= 4 is 16.4 Å². The Labute approximate surface area is 451 Å². The third kappa shape index (κ3) is 43.4. The molecule has 1 heterocycles. The van der Waals surface area contributed by atoms with Crippen molar-refractivity contribution in [1.29, 1.82) is 0 Å². The molecule has 1 aliphatic heterocycles. The minimum atomic E-state index is -5.07. The van der Waals surface area contributed by atoms with Crippen molar-refractivity contribution in [3.8, 4) is 0 Å². The standard InChI is InChI=1S/C61H106O12S/c1-3-5-7-9-11-13-15-17-19-21-23-25-26-27-28-29-31-33-35-37-39-41-43-45-47-49-51-69-53-55(54-70-61-59(65)60(73-74(66,67)68)58(64)56(52-62)72-61)71-57(63)50-48-46-44-42-40-38-36-34-32-30-24-22-20-18-16-14-12-10-8-6-4-2/h5,7,11,13,16-19,22-25,32,34,55-56,58-62,64-65H,3-4,6,8-10,12,14-15,20-21,26-31,33,35-54H2,1-2H3,(H,66,67,68)/b7-5-,13-11-,18-16-,19-17-,24-22-,25-23-,34-32-. The lowest BCUT2D eigenvalue weighted by molar-refractivity contribution is -0.301. The number of hydrogen-bond acceptors (Lipinski definition) is 11. The van der Waals surface area contributed by atoms with Gasteiger partial charge in [0.15, 0.2) is 6.29 Å². The van der Waals surface area contributed by atoms with E-state index in [1.807, 2.05) is 0 Å². The quantitative estimate of drug-likeness (QED) is 0.0196. The van der Waals surface area contributed by atoms with E-state index in [0.29, 0.717) is 13.0 Å². The van der Waals surface area contributed by atoms with Crippen LogP contribution in [0.2, 0.25) is 0 Å². The maximum atomic E-state index is 13.0. The van der Waals surface area contributed by atoms with Crippen molar-refractivity contribution < 1.29 is 56.2 Å². The number of aliphatic hydroxyl groups excluding tert-OH is 3. The van der Waals surface area contributed by atoms with Crippen molar-refractivity contribution in [3.05, 3.63) is 85.1 Å². The molecule has 0 aromatic heterocycles. The van der Waals surface area contributed by atoms with Gasteiger partial charge in [0.25, 0.3) is 0 Å². The van der Waals surface area contributed by atoms with Gasteiger partial charge in [0.05, 0.1) is 19.8 Å². The van der Waals surface area contributed by atoms with Crippen LogP contribution in [0, 0.1) is 0 Å². The van der Waals surface area contributed by atoms with Crippen molar-refractivity contribution in [2.75, 3.05) is 26.4 Å². The molecular formula is C61H106O12S. The Bertz CT molecular complexity index is 1600. The van der Waals surface area contributed by atoms with Gasteiger partial charge in [-0.05, 0) is 89.9 Å². The topological polar surface area (TPSA) is 178 Å². The van der Waals surface area contributed by atoms with E-state index in [4.69, 9.17) is 18.9 Å². The van der Waals surface area contributed by atoms with Gasteiger partial charge < -0.3 is 34.3 Å². The summed E-state index contributed by atoms with van der Waals surface area (Å²) in [4.78, 5) is 13.0. The monoisotopic (exact) mass is 1060 g/mol. The maximum Gasteiger partial charge on any atom is 0.397 e. The summed E-state index contributed by atoms with van der Waals surface area (Å²) in [6.45, 7) is 3.87. The Morgan fingerprint density at radius 2 is 0.932 bits per heavy atom. The van der Waals surface area contributed by atoms with Gasteiger partial charge >= 0.3 is 16.4 Å². The van der Waals surface area contributed by atoms with Gasteiger partial charge in [-0.2, -0.15) is 8.42 Å². The van der Waals surface area contributed by atoms with Crippen molar-refractivity contribution in [2.24, 2.45) is 0 Å². The average molecular weight is 1060 g/mol. The number of allylic oxidation sites excluding steroid dienone is 14. The molecule has 6 unspecified atom stereocenters. The second-order valence-corrected chi connectivity index (χ2v) is 20.9. The number of aliphatic hydroxyl groups is 3. The third-order valence-corrected chi connectivity index (χ3v) is 13.5. The summed E-state index contributed by atoms with van der Waals surface area (Å²) in [5.41, 5.74) is 0. The van der Waals surface area contributed by atoms with Gasteiger partial charge in [0.2, 0.25) is 0 Å². The van der Waals surface area contributed by atoms with Crippen LogP contribution in [-0.4, -0.2) is 97.5 Å². The fourth-order valence-corrected chi connectivity index (χ4v) is 9.12. The zero-order chi connectivity index (χ0) is 53.8. The molecule has 1 fully saturated rings. The molecule has 0 aromatic rings. The first kappa shape index (κ1) is 69.3. The highest BCUT2D eigenvalue weighted by Gasteiger charge is 2.48. The van der Waals surface area contributed by atoms with Crippen LogP contribution in [0.1, 0.15) is 232 Å². The number of carbonyl (C=O) groups is 1. The highest BCUT2D eigenvalue weighted by molar-refractivity contribution is 7.80. The van der Waals surface area contributed by atoms with Crippen LogP contribution in [0.3, 0.4) is 0 Å². The van der Waals surface area contributed by atoms with Crippen molar-refractivity contribution in [3.63, 3.8) is 0 Å². The first-order valence-corrected chi connectivity index (χ1v) is 30.7. The van der Waals surface area contributed by atoms with E-state index < -0.39 is 59.8 Å². The van der Waals surface area contributed by atoms with Gasteiger partial charge in [-0.15, -0.1) is 0 Å². The van der Waals surface area contributed by atoms with Gasteiger partial charge in [-0.1, -0.05) is 221 Å². The Kier molecular flexibility index (Phi) is 47.8. The largest absolute Gasteiger partial charge is 0.457 e. The summed E-state index contributed by atoms with van der Waals surface area (Å²) in [6, 6.07) is 0. The van der Waals surface area contributed by atoms with Gasteiger partial charge in [-0.25, -0.2) is 4.18 Å². The first-order chi connectivity index (χ1) is 36.1. The summed E-state index contributed by atoms with van der Waals surface area (Å²) in [7, 11) is -5.07. The van der Waals surface area contributed by atoms with E-state index in [1.54, 1.807) is 0 Å². The second-order valence-electron chi connectivity index (χ2n) is 19.8. The molecule has 1 aliphatic rings. The smallest absolute Gasteiger partial charge is 0.397 e. The number of ether oxygens (including phenoxy) is 4. The maximum absolute atomic E-state index is 13.0. The molecular weight excluding hydrogens is 957 g/mol. The van der Waals surface area contributed by atoms with Crippen LogP contribution in [-0.2, 0) is 38.3 Å². The molecule has 0 saturated carbocycles. The fourth-order valence-electron chi connectivity index (χ4n) is 8.61. The molecule has 0 aromatic carbocycles. The van der Waals surface area contributed by atoms with Crippen LogP contribution in [0.15, 0.2) is 85.1 Å². The molecule has 6 atom stereocenters. The molecule has 1 rings (SSSR count). The lowest BCUT2D eigenvalue weighted by atomic mass is 9.99. The summed E-state index contributed by atoms with van der Waals surface area (Å²) >= 11 is 0. The summed E-state index contributed by atoms with van der Waals surface area (Å²) in [5.74, 6) is -0.412. The fraction of sp³-hybridized carbons (Fsp3) is 0.754. The van der Waals surface area contributed by atoms with E-state index in [0.717, 1.165) is 96.3 Å². The zero-order valence-electron chi connectivity index (χ0n) is 46.4. The van der Waals surface area contributed by atoms with Crippen LogP contribution in [0.25, 0.3) is 0 Å². The number of unbranched alkanes of at least 4 members (excludes halogenated alkanes) is 24. The minimum absolute atomic E-state index is 0.0260. The van der Waals surface area contributed by atoms with E-state index in [-0.39, 0.29) is 19.6 Å². The van der Waals surface area contributed by atoms with Gasteiger partial charge in [-0.3, -0.25) is 9.35 Å². The average Bonchev–Trinajstić information content (AvgIpc) is 3.38. The highest BCUT2D eigenvalue weighted by atomic mass is 32.3. The minimum Gasteiger partial charge on any atom is -0.457 e. The predicted molar refractivity (Wildman–Crippen MR) is 303 cm³/mol. The van der Waals surface area contributed by atoms with Crippen LogP contribution in [0.4, 0.5) is 0 Å². The van der Waals surface area contributed by atoms with E-state index >= 15 is 0 Å². The number of rotatable bonds is 51. The molecule has 428 valence electrons. The van der Waals surface area contributed by atoms with Gasteiger partial charge in [0, 0.05) is 13.0 Å². The second kappa shape index (κ2) is 51.1. The lowest BCUT2D eigenvalue weighted by Gasteiger charge is -2.41. The molecule has 0 amide bonds. The number of carbonyl (C=O) groups excluding carboxylic acids is 1. The normalized spacial score (nSPS) is 19.4. The molecule has 74 heavy (non-hydrogen) atoms. The predicted octanol–water partition coefficient (Wildman–Crippen LogP) is 14.8. The summed E-state index contributed by atoms with van der Waals surface area (Å²) in [5, 5.41) is 30.9. The first-order valence-electron chi connectivity index (χ1n) is 29.3. The molecule has 0 bridgehead atoms. The number of hydrogen-bond donors (Lipinski definition) is 4. The van der Waals surface area contributed by atoms with E-state index in [1.165, 1.54) is 109 Å². The molecule has 1 saturated heterocycles. The summed E-state index contributed by atoms with van der Waals surface area (Å²) < 4.78 is 59.5. The lowest BCUT2D eigenvalue weighted by Crippen LogP contribution is -2.60. The zero-order valence-corrected chi connectivity index (χ0v) is 47.2. The molecule has 0 spiro atoms. The molecule has 13 heteroatoms. The van der Waals surface area contributed by atoms with E-state index in [9.17, 15) is 33.1 Å². The van der Waals surface area contributed by atoms with Gasteiger partial charge in [0.1, 0.15) is 30.5 Å². The molecule has 12 nitrogen and oxygen atoms in total. The molecule has 0 radical (unpaired) electrons. The Morgan fingerprint density at radius 3 is 1.36 bits per heavy atom. The Balaban J connectivity index is 2.30. The highest BCUT2D eigenvalue weighted by Crippen LogP contribution is 2.26.